The van der Waals surface area contributed by atoms with Crippen molar-refractivity contribution >= 4 is 0 Å². The van der Waals surface area contributed by atoms with E-state index in [1.807, 2.05) is 43.6 Å². The van der Waals surface area contributed by atoms with Gasteiger partial charge in [-0.15, -0.1) is 0 Å². The second kappa shape index (κ2) is 7.11. The Bertz CT molecular complexity index is 729. The minimum Gasteiger partial charge on any atom is -0.338 e. The van der Waals surface area contributed by atoms with Gasteiger partial charge in [0.05, 0.1) is 6.54 Å². The van der Waals surface area contributed by atoms with E-state index in [-0.39, 0.29) is 0 Å². The van der Waals surface area contributed by atoms with Crippen LogP contribution in [0.15, 0.2) is 53.4 Å². The highest BCUT2D eigenvalue weighted by Gasteiger charge is 2.15. The molecule has 118 valence electrons. The minimum atomic E-state index is 0.321. The van der Waals surface area contributed by atoms with Crippen LogP contribution in [-0.4, -0.2) is 38.1 Å². The first-order chi connectivity index (χ1) is 11.2. The number of pyridine rings is 2. The van der Waals surface area contributed by atoms with E-state index in [0.29, 0.717) is 24.3 Å². The van der Waals surface area contributed by atoms with E-state index in [0.717, 1.165) is 17.7 Å². The minimum absolute atomic E-state index is 0.321. The molecule has 0 aliphatic carbocycles. The topological polar surface area (TPSA) is 67.9 Å². The molecular weight excluding hydrogens is 290 g/mol. The summed E-state index contributed by atoms with van der Waals surface area (Å²) in [6.45, 7) is 2.76. The van der Waals surface area contributed by atoms with Gasteiger partial charge in [-0.05, 0) is 38.2 Å². The van der Waals surface area contributed by atoms with Crippen molar-refractivity contribution in [2.45, 2.75) is 25.9 Å². The van der Waals surface area contributed by atoms with Crippen LogP contribution >= 0.6 is 0 Å². The Balaban J connectivity index is 1.62. The lowest BCUT2D eigenvalue weighted by molar-refractivity contribution is 0.212. The predicted octanol–water partition coefficient (Wildman–Crippen LogP) is 2.59. The van der Waals surface area contributed by atoms with Gasteiger partial charge in [0.1, 0.15) is 0 Å². The van der Waals surface area contributed by atoms with Gasteiger partial charge >= 0.3 is 0 Å². The lowest BCUT2D eigenvalue weighted by atomic mass is 10.1. The van der Waals surface area contributed by atoms with Gasteiger partial charge in [-0.1, -0.05) is 11.2 Å². The van der Waals surface area contributed by atoms with Crippen molar-refractivity contribution in [1.82, 2.24) is 25.0 Å². The highest BCUT2D eigenvalue weighted by molar-refractivity contribution is 5.52. The lowest BCUT2D eigenvalue weighted by Crippen LogP contribution is -2.30. The summed E-state index contributed by atoms with van der Waals surface area (Å²) in [5.41, 5.74) is 1.98. The van der Waals surface area contributed by atoms with E-state index in [1.165, 1.54) is 0 Å². The normalized spacial score (nSPS) is 12.5. The van der Waals surface area contributed by atoms with Gasteiger partial charge < -0.3 is 4.52 Å². The molecule has 0 radical (unpaired) electrons. The third kappa shape index (κ3) is 3.98. The summed E-state index contributed by atoms with van der Waals surface area (Å²) >= 11 is 0. The van der Waals surface area contributed by atoms with Gasteiger partial charge in [-0.25, -0.2) is 0 Å². The monoisotopic (exact) mass is 309 g/mol. The first kappa shape index (κ1) is 15.3. The second-order valence-electron chi connectivity index (χ2n) is 5.54. The van der Waals surface area contributed by atoms with Crippen molar-refractivity contribution in [3.05, 3.63) is 60.5 Å². The molecule has 3 heterocycles. The highest BCUT2D eigenvalue weighted by Crippen LogP contribution is 2.15. The van der Waals surface area contributed by atoms with Crippen LogP contribution in [0.4, 0.5) is 0 Å². The van der Waals surface area contributed by atoms with Crippen molar-refractivity contribution in [3.8, 4) is 11.4 Å². The molecule has 0 saturated carbocycles. The zero-order valence-corrected chi connectivity index (χ0v) is 13.3. The maximum Gasteiger partial charge on any atom is 0.241 e. The summed E-state index contributed by atoms with van der Waals surface area (Å²) in [7, 11) is 2.05. The molecule has 0 fully saturated rings. The summed E-state index contributed by atoms with van der Waals surface area (Å²) in [4.78, 5) is 15.0. The standard InChI is InChI=1S/C17H19N5O/c1-13(11-15-5-3-4-8-19-15)22(2)12-16-20-17(21-23-16)14-6-9-18-10-7-14/h3-10,13H,11-12H2,1-2H3/t13-/m0/s1. The maximum atomic E-state index is 5.35. The van der Waals surface area contributed by atoms with Gasteiger partial charge in [-0.3, -0.25) is 14.9 Å². The molecule has 0 saturated heterocycles. The third-order valence-electron chi connectivity index (χ3n) is 3.77. The van der Waals surface area contributed by atoms with Crippen molar-refractivity contribution in [3.63, 3.8) is 0 Å². The Kier molecular flexibility index (Phi) is 4.73. The molecule has 6 nitrogen and oxygen atoms in total. The summed E-state index contributed by atoms with van der Waals surface area (Å²) in [6.07, 6.45) is 6.13. The van der Waals surface area contributed by atoms with Gasteiger partial charge in [0.2, 0.25) is 11.7 Å². The molecule has 23 heavy (non-hydrogen) atoms. The highest BCUT2D eigenvalue weighted by atomic mass is 16.5. The molecule has 0 unspecified atom stereocenters. The van der Waals surface area contributed by atoms with Crippen LogP contribution in [0.5, 0.6) is 0 Å². The van der Waals surface area contributed by atoms with Crippen LogP contribution in [0.25, 0.3) is 11.4 Å². The SMILES string of the molecule is C[C@@H](Cc1ccccn1)N(C)Cc1nc(-c2ccncc2)no1. The van der Waals surface area contributed by atoms with Crippen molar-refractivity contribution in [1.29, 1.82) is 0 Å². The van der Waals surface area contributed by atoms with E-state index >= 15 is 0 Å². The van der Waals surface area contributed by atoms with E-state index in [9.17, 15) is 0 Å². The lowest BCUT2D eigenvalue weighted by Gasteiger charge is -2.22. The largest absolute Gasteiger partial charge is 0.338 e. The molecule has 3 aromatic heterocycles. The second-order valence-corrected chi connectivity index (χ2v) is 5.54. The van der Waals surface area contributed by atoms with E-state index < -0.39 is 0 Å². The number of aromatic nitrogens is 4. The average Bonchev–Trinajstić information content (AvgIpc) is 3.05. The fourth-order valence-electron chi connectivity index (χ4n) is 2.28. The van der Waals surface area contributed by atoms with E-state index in [2.05, 4.69) is 31.9 Å². The quantitative estimate of drug-likeness (QED) is 0.697. The molecule has 6 heteroatoms. The molecule has 3 rings (SSSR count). The molecule has 0 aliphatic heterocycles. The van der Waals surface area contributed by atoms with Crippen LogP contribution in [0, 0.1) is 0 Å². The number of hydrogen-bond donors (Lipinski definition) is 0. The summed E-state index contributed by atoms with van der Waals surface area (Å²) < 4.78 is 5.35. The Morgan fingerprint density at radius 2 is 1.96 bits per heavy atom. The van der Waals surface area contributed by atoms with E-state index in [1.54, 1.807) is 12.4 Å². The average molecular weight is 309 g/mol. The maximum absolute atomic E-state index is 5.35. The summed E-state index contributed by atoms with van der Waals surface area (Å²) in [6, 6.07) is 10.0. The molecule has 3 aromatic rings. The Hall–Kier alpha value is -2.60. The first-order valence-electron chi connectivity index (χ1n) is 7.55. The molecule has 0 spiro atoms. The third-order valence-corrected chi connectivity index (χ3v) is 3.77. The Morgan fingerprint density at radius 1 is 1.13 bits per heavy atom. The Morgan fingerprint density at radius 3 is 2.70 bits per heavy atom. The smallest absolute Gasteiger partial charge is 0.241 e. The van der Waals surface area contributed by atoms with Crippen LogP contribution in [0.1, 0.15) is 18.5 Å². The Labute approximate surface area is 135 Å². The van der Waals surface area contributed by atoms with Crippen LogP contribution in [-0.2, 0) is 13.0 Å². The van der Waals surface area contributed by atoms with Gasteiger partial charge in [-0.2, -0.15) is 4.98 Å². The molecule has 0 amide bonds. The van der Waals surface area contributed by atoms with Crippen molar-refractivity contribution < 1.29 is 4.52 Å². The zero-order valence-electron chi connectivity index (χ0n) is 13.3. The number of rotatable bonds is 6. The van der Waals surface area contributed by atoms with Gasteiger partial charge in [0.25, 0.3) is 0 Å². The van der Waals surface area contributed by atoms with E-state index in [4.69, 9.17) is 4.52 Å². The van der Waals surface area contributed by atoms with Crippen LogP contribution in [0.3, 0.4) is 0 Å². The van der Waals surface area contributed by atoms with Crippen molar-refractivity contribution in [2.24, 2.45) is 0 Å². The van der Waals surface area contributed by atoms with Crippen LogP contribution in [0.2, 0.25) is 0 Å². The summed E-state index contributed by atoms with van der Waals surface area (Å²) in [5.74, 6) is 1.19. The zero-order chi connectivity index (χ0) is 16.1. The molecule has 0 aliphatic rings. The van der Waals surface area contributed by atoms with Gasteiger partial charge in [0, 0.05) is 42.3 Å². The number of likely N-dealkylation sites (N-methyl/N-ethyl adjacent to an activating group) is 1. The summed E-state index contributed by atoms with van der Waals surface area (Å²) in [5, 5.41) is 4.03. The number of hydrogen-bond acceptors (Lipinski definition) is 6. The molecule has 1 atom stereocenters. The predicted molar refractivity (Wildman–Crippen MR) is 86.4 cm³/mol. The van der Waals surface area contributed by atoms with Crippen LogP contribution < -0.4 is 0 Å². The molecular formula is C17H19N5O. The fraction of sp³-hybridized carbons (Fsp3) is 0.294. The first-order valence-corrected chi connectivity index (χ1v) is 7.55. The molecule has 0 aromatic carbocycles. The molecule has 0 bridgehead atoms. The fourth-order valence-corrected chi connectivity index (χ4v) is 2.28. The van der Waals surface area contributed by atoms with Crippen molar-refractivity contribution in [2.75, 3.05) is 7.05 Å². The molecule has 0 N–H and O–H groups in total. The number of nitrogens with zero attached hydrogens (tertiary/aromatic N) is 5. The van der Waals surface area contributed by atoms with Gasteiger partial charge in [0.15, 0.2) is 0 Å².